The molecule has 0 bridgehead atoms. The number of hydrogen-bond acceptors (Lipinski definition) is 7. The molecular weight excluding hydrogens is 354 g/mol. The summed E-state index contributed by atoms with van der Waals surface area (Å²) in [5, 5.41) is 11.7. The molecule has 8 heteroatoms. The van der Waals surface area contributed by atoms with Crippen molar-refractivity contribution in [1.82, 2.24) is 0 Å². The second-order valence-corrected chi connectivity index (χ2v) is 7.57. The summed E-state index contributed by atoms with van der Waals surface area (Å²) < 4.78 is 16.4. The second kappa shape index (κ2) is 9.82. The highest BCUT2D eigenvalue weighted by molar-refractivity contribution is 5.89. The molecule has 3 atom stereocenters. The maximum absolute atomic E-state index is 12.7. The average molecular weight is 385 g/mol. The fourth-order valence-corrected chi connectivity index (χ4v) is 3.01. The first-order valence-electron chi connectivity index (χ1n) is 9.43. The lowest BCUT2D eigenvalue weighted by Crippen LogP contribution is -2.49. The quantitative estimate of drug-likeness (QED) is 0.359. The Morgan fingerprint density at radius 3 is 2.30 bits per heavy atom. The summed E-state index contributed by atoms with van der Waals surface area (Å²) in [6.45, 7) is 10.8. The van der Waals surface area contributed by atoms with Crippen LogP contribution in [0.15, 0.2) is 11.6 Å². The third-order valence-electron chi connectivity index (χ3n) is 4.31. The smallest absolute Gasteiger partial charge is 0.334 e. The Morgan fingerprint density at radius 1 is 1.26 bits per heavy atom. The molecule has 0 radical (unpaired) electrons. The van der Waals surface area contributed by atoms with Crippen LogP contribution in [0, 0.1) is 16.0 Å². The lowest BCUT2D eigenvalue weighted by Gasteiger charge is -2.34. The van der Waals surface area contributed by atoms with Crippen molar-refractivity contribution < 1.29 is 28.7 Å². The third kappa shape index (κ3) is 6.61. The number of ether oxygens (including phenoxy) is 3. The lowest BCUT2D eigenvalue weighted by molar-refractivity contribution is -0.532. The van der Waals surface area contributed by atoms with Crippen LogP contribution >= 0.6 is 0 Å². The number of hydrogen-bond donors (Lipinski definition) is 0. The average Bonchev–Trinajstić information content (AvgIpc) is 2.57. The van der Waals surface area contributed by atoms with Crippen LogP contribution in [0.25, 0.3) is 0 Å². The predicted molar refractivity (Wildman–Crippen MR) is 98.7 cm³/mol. The van der Waals surface area contributed by atoms with Crippen LogP contribution in [0.2, 0.25) is 0 Å². The molecular formula is C19H31NO7. The van der Waals surface area contributed by atoms with Gasteiger partial charge in [-0.25, -0.2) is 4.79 Å². The minimum Gasteiger partial charge on any atom is -0.463 e. The summed E-state index contributed by atoms with van der Waals surface area (Å²) in [5.74, 6) is -2.44. The van der Waals surface area contributed by atoms with Gasteiger partial charge in [-0.05, 0) is 46.6 Å². The molecule has 0 aromatic carbocycles. The summed E-state index contributed by atoms with van der Waals surface area (Å²) in [4.78, 5) is 36.1. The molecule has 0 fully saturated rings. The van der Waals surface area contributed by atoms with Crippen molar-refractivity contribution in [2.75, 3.05) is 6.61 Å². The fourth-order valence-electron chi connectivity index (χ4n) is 3.01. The van der Waals surface area contributed by atoms with E-state index in [4.69, 9.17) is 14.2 Å². The van der Waals surface area contributed by atoms with Crippen LogP contribution in [0.5, 0.6) is 0 Å². The zero-order valence-electron chi connectivity index (χ0n) is 17.0. The summed E-state index contributed by atoms with van der Waals surface area (Å²) in [6, 6.07) is -1.32. The zero-order valence-corrected chi connectivity index (χ0v) is 17.0. The van der Waals surface area contributed by atoms with E-state index in [1.54, 1.807) is 27.7 Å². The van der Waals surface area contributed by atoms with E-state index in [2.05, 4.69) is 0 Å². The third-order valence-corrected chi connectivity index (χ3v) is 4.31. The van der Waals surface area contributed by atoms with E-state index in [1.807, 2.05) is 13.8 Å². The van der Waals surface area contributed by atoms with Crippen molar-refractivity contribution in [3.63, 3.8) is 0 Å². The molecule has 1 aliphatic rings. The zero-order chi connectivity index (χ0) is 20.8. The van der Waals surface area contributed by atoms with Crippen molar-refractivity contribution >= 4 is 11.9 Å². The van der Waals surface area contributed by atoms with Gasteiger partial charge in [0.2, 0.25) is 6.04 Å². The van der Waals surface area contributed by atoms with Crippen LogP contribution in [-0.4, -0.2) is 47.3 Å². The standard InChI is InChI=1S/C19H31NO7/c1-7-13(8-2)26-15-11-12(17(21)25-9-3)10-14(20(23)24)16(15)18(22)27-19(4,5)6/h11,13-16H,7-10H2,1-6H3/t14-,15+,16+/m0/s1. The molecule has 0 saturated heterocycles. The molecule has 0 unspecified atom stereocenters. The highest BCUT2D eigenvalue weighted by Crippen LogP contribution is 2.32. The van der Waals surface area contributed by atoms with E-state index >= 15 is 0 Å². The summed E-state index contributed by atoms with van der Waals surface area (Å²) in [7, 11) is 0. The van der Waals surface area contributed by atoms with E-state index in [0.29, 0.717) is 12.8 Å². The fraction of sp³-hybridized carbons (Fsp3) is 0.789. The van der Waals surface area contributed by atoms with Crippen molar-refractivity contribution in [1.29, 1.82) is 0 Å². The molecule has 0 aromatic rings. The molecule has 0 saturated carbocycles. The molecule has 0 aliphatic heterocycles. The van der Waals surface area contributed by atoms with Gasteiger partial charge in [0.15, 0.2) is 5.92 Å². The van der Waals surface area contributed by atoms with Gasteiger partial charge in [-0.3, -0.25) is 14.9 Å². The number of nitrogens with zero attached hydrogens (tertiary/aromatic N) is 1. The lowest BCUT2D eigenvalue weighted by atomic mass is 9.82. The Bertz CT molecular complexity index is 575. The Kier molecular flexibility index (Phi) is 8.40. The molecule has 1 rings (SSSR count). The normalized spacial score (nSPS) is 22.9. The molecule has 0 amide bonds. The van der Waals surface area contributed by atoms with Crippen molar-refractivity contribution in [3.8, 4) is 0 Å². The molecule has 27 heavy (non-hydrogen) atoms. The van der Waals surface area contributed by atoms with E-state index in [-0.39, 0.29) is 24.7 Å². The van der Waals surface area contributed by atoms with Gasteiger partial charge in [-0.2, -0.15) is 0 Å². The first-order chi connectivity index (χ1) is 12.5. The van der Waals surface area contributed by atoms with Crippen LogP contribution in [0.3, 0.4) is 0 Å². The van der Waals surface area contributed by atoms with E-state index in [9.17, 15) is 19.7 Å². The summed E-state index contributed by atoms with van der Waals surface area (Å²) in [6.07, 6.45) is 1.54. The van der Waals surface area contributed by atoms with Gasteiger partial charge in [0.25, 0.3) is 0 Å². The number of nitro groups is 1. The van der Waals surface area contributed by atoms with Gasteiger partial charge in [0.1, 0.15) is 5.60 Å². The summed E-state index contributed by atoms with van der Waals surface area (Å²) in [5.41, 5.74) is -0.627. The Hall–Kier alpha value is -1.96. The number of rotatable bonds is 8. The minimum atomic E-state index is -1.32. The van der Waals surface area contributed by atoms with Crippen LogP contribution in [0.1, 0.15) is 60.8 Å². The summed E-state index contributed by atoms with van der Waals surface area (Å²) >= 11 is 0. The molecule has 1 aliphatic carbocycles. The SMILES string of the molecule is CCOC(=O)C1=C[C@@H](OC(CC)CC)[C@H](C(=O)OC(C)(C)C)[C@@H]([N+](=O)[O-])C1. The maximum Gasteiger partial charge on any atom is 0.334 e. The molecule has 154 valence electrons. The monoisotopic (exact) mass is 385 g/mol. The Balaban J connectivity index is 3.31. The van der Waals surface area contributed by atoms with Crippen molar-refractivity contribution in [2.24, 2.45) is 5.92 Å². The van der Waals surface area contributed by atoms with E-state index < -0.39 is 40.5 Å². The van der Waals surface area contributed by atoms with Crippen LogP contribution in [-0.2, 0) is 23.8 Å². The van der Waals surface area contributed by atoms with Gasteiger partial charge in [-0.15, -0.1) is 0 Å². The van der Waals surface area contributed by atoms with E-state index in [0.717, 1.165) is 0 Å². The number of carbonyl (C=O) groups excluding carboxylic acids is 2. The second-order valence-electron chi connectivity index (χ2n) is 7.57. The van der Waals surface area contributed by atoms with Gasteiger partial charge in [0, 0.05) is 16.9 Å². The predicted octanol–water partition coefficient (Wildman–Crippen LogP) is 3.06. The molecule has 0 N–H and O–H groups in total. The maximum atomic E-state index is 12.7. The van der Waals surface area contributed by atoms with E-state index in [1.165, 1.54) is 6.08 Å². The first-order valence-corrected chi connectivity index (χ1v) is 9.43. The molecule has 8 nitrogen and oxygen atoms in total. The van der Waals surface area contributed by atoms with Crippen molar-refractivity contribution in [2.45, 2.75) is 84.7 Å². The highest BCUT2D eigenvalue weighted by atomic mass is 16.6. The Labute approximate surface area is 160 Å². The largest absolute Gasteiger partial charge is 0.463 e. The van der Waals surface area contributed by atoms with Crippen molar-refractivity contribution in [3.05, 3.63) is 21.8 Å². The number of carbonyl (C=O) groups is 2. The highest BCUT2D eigenvalue weighted by Gasteiger charge is 2.49. The first kappa shape index (κ1) is 23.1. The minimum absolute atomic E-state index is 0.160. The van der Waals surface area contributed by atoms with Gasteiger partial charge in [0.05, 0.1) is 18.8 Å². The van der Waals surface area contributed by atoms with Gasteiger partial charge < -0.3 is 14.2 Å². The van der Waals surface area contributed by atoms with Gasteiger partial charge in [-0.1, -0.05) is 13.8 Å². The van der Waals surface area contributed by atoms with Crippen LogP contribution in [0.4, 0.5) is 0 Å². The molecule has 0 aromatic heterocycles. The Morgan fingerprint density at radius 2 is 1.85 bits per heavy atom. The molecule has 0 heterocycles. The van der Waals surface area contributed by atoms with Crippen LogP contribution < -0.4 is 0 Å². The van der Waals surface area contributed by atoms with Gasteiger partial charge >= 0.3 is 11.9 Å². The number of esters is 2. The molecule has 0 spiro atoms. The topological polar surface area (TPSA) is 105 Å².